The third kappa shape index (κ3) is 3.33. The molecule has 162 valence electrons. The summed E-state index contributed by atoms with van der Waals surface area (Å²) in [6.07, 6.45) is 5.45. The average Bonchev–Trinajstić information content (AvgIpc) is 3.24. The molecule has 1 amide bonds. The van der Waals surface area contributed by atoms with Crippen LogP contribution in [0.5, 0.6) is 0 Å². The molecule has 0 saturated heterocycles. The summed E-state index contributed by atoms with van der Waals surface area (Å²) in [6.45, 7) is 4.04. The van der Waals surface area contributed by atoms with Crippen molar-refractivity contribution in [2.24, 2.45) is 18.9 Å². The van der Waals surface area contributed by atoms with Gasteiger partial charge in [-0.2, -0.15) is 5.10 Å². The summed E-state index contributed by atoms with van der Waals surface area (Å²) < 4.78 is 1.76. The fraction of sp³-hybridized carbons (Fsp3) is 0.250. The van der Waals surface area contributed by atoms with Crippen LogP contribution in [-0.4, -0.2) is 25.7 Å². The van der Waals surface area contributed by atoms with Crippen LogP contribution in [0.2, 0.25) is 0 Å². The van der Waals surface area contributed by atoms with Crippen molar-refractivity contribution in [2.75, 3.05) is 16.8 Å². The number of carbonyl (C=O) groups excluding carboxylic acids is 1. The van der Waals surface area contributed by atoms with E-state index in [9.17, 15) is 4.79 Å². The molecule has 5 rings (SSSR count). The molecule has 8 heteroatoms. The fourth-order valence-electron chi connectivity index (χ4n) is 4.51. The number of carbonyl (C=O) groups is 1. The first-order valence-corrected chi connectivity index (χ1v) is 10.5. The number of fused-ring (bicyclic) bond motifs is 1. The van der Waals surface area contributed by atoms with Crippen LogP contribution in [0.4, 0.5) is 17.3 Å². The minimum atomic E-state index is -0.0929. The number of hydrogen-bond donors (Lipinski definition) is 3. The maximum atomic E-state index is 12.9. The molecule has 1 saturated carbocycles. The van der Waals surface area contributed by atoms with E-state index in [4.69, 9.17) is 11.5 Å². The Bertz CT molecular complexity index is 1360. The molecule has 3 heterocycles. The summed E-state index contributed by atoms with van der Waals surface area (Å²) in [7, 11) is 1.88. The highest BCUT2D eigenvalue weighted by Gasteiger charge is 2.52. The number of nitrogens with one attached hydrogen (secondary N) is 1. The van der Waals surface area contributed by atoms with E-state index in [0.29, 0.717) is 17.3 Å². The first kappa shape index (κ1) is 20.0. The van der Waals surface area contributed by atoms with Crippen LogP contribution in [-0.2, 0) is 11.8 Å². The Kier molecular flexibility index (Phi) is 4.58. The minimum absolute atomic E-state index is 0.0351. The van der Waals surface area contributed by atoms with Crippen molar-refractivity contribution in [1.29, 1.82) is 0 Å². The van der Waals surface area contributed by atoms with Gasteiger partial charge in [-0.15, -0.1) is 0 Å². The van der Waals surface area contributed by atoms with Gasteiger partial charge in [0.2, 0.25) is 5.91 Å². The van der Waals surface area contributed by atoms with Crippen molar-refractivity contribution < 1.29 is 4.79 Å². The maximum Gasteiger partial charge on any atom is 0.229 e. The normalized spacial score (nSPS) is 19.8. The largest absolute Gasteiger partial charge is 0.398 e. The first-order chi connectivity index (χ1) is 15.3. The molecule has 32 heavy (non-hydrogen) atoms. The molecule has 4 aromatic rings. The quantitative estimate of drug-likeness (QED) is 0.428. The number of amides is 1. The van der Waals surface area contributed by atoms with Crippen LogP contribution in [0.3, 0.4) is 0 Å². The van der Waals surface area contributed by atoms with E-state index in [2.05, 4.69) is 27.3 Å². The number of pyridine rings is 2. The molecule has 1 aliphatic rings. The number of nitrogens with two attached hydrogens (primary N) is 2. The van der Waals surface area contributed by atoms with Crippen molar-refractivity contribution in [3.05, 3.63) is 60.0 Å². The predicted octanol–water partition coefficient (Wildman–Crippen LogP) is 3.49. The second-order valence-corrected chi connectivity index (χ2v) is 8.55. The highest BCUT2D eigenvalue weighted by molar-refractivity contribution is 5.99. The van der Waals surface area contributed by atoms with Gasteiger partial charge in [-0.25, -0.2) is 9.97 Å². The number of nitrogen functional groups attached to an aromatic ring is 2. The smallest absolute Gasteiger partial charge is 0.229 e. The zero-order chi connectivity index (χ0) is 22.6. The molecular formula is C24H25N7O. The van der Waals surface area contributed by atoms with E-state index in [0.717, 1.165) is 33.2 Å². The van der Waals surface area contributed by atoms with Crippen LogP contribution in [0.1, 0.15) is 24.0 Å². The monoisotopic (exact) mass is 427 g/mol. The average molecular weight is 428 g/mol. The zero-order valence-electron chi connectivity index (χ0n) is 18.2. The molecule has 3 atom stereocenters. The predicted molar refractivity (Wildman–Crippen MR) is 126 cm³/mol. The molecule has 1 fully saturated rings. The van der Waals surface area contributed by atoms with Crippen molar-refractivity contribution in [2.45, 2.75) is 19.8 Å². The van der Waals surface area contributed by atoms with Gasteiger partial charge in [-0.05, 0) is 47.6 Å². The highest BCUT2D eigenvalue weighted by atomic mass is 16.2. The molecule has 0 aliphatic heterocycles. The van der Waals surface area contributed by atoms with Gasteiger partial charge in [-0.3, -0.25) is 9.48 Å². The summed E-state index contributed by atoms with van der Waals surface area (Å²) in [5.41, 5.74) is 16.7. The van der Waals surface area contributed by atoms with Crippen molar-refractivity contribution in [3.8, 4) is 11.3 Å². The molecule has 3 aromatic heterocycles. The molecule has 0 radical (unpaired) electrons. The topological polar surface area (TPSA) is 125 Å². The molecular weight excluding hydrogens is 402 g/mol. The molecule has 0 bridgehead atoms. The minimum Gasteiger partial charge on any atom is -0.398 e. The van der Waals surface area contributed by atoms with Crippen molar-refractivity contribution >= 4 is 34.0 Å². The molecule has 8 nitrogen and oxygen atoms in total. The summed E-state index contributed by atoms with van der Waals surface area (Å²) in [4.78, 5) is 21.9. The van der Waals surface area contributed by atoms with Crippen LogP contribution in [0, 0.1) is 18.8 Å². The lowest BCUT2D eigenvalue weighted by Crippen LogP contribution is -2.16. The van der Waals surface area contributed by atoms with Crippen LogP contribution in [0.15, 0.2) is 48.9 Å². The second kappa shape index (κ2) is 7.33. The molecule has 1 aromatic carbocycles. The number of aryl methyl sites for hydroxylation is 1. The Morgan fingerprint density at radius 2 is 2.00 bits per heavy atom. The Labute approximate surface area is 185 Å². The van der Waals surface area contributed by atoms with Crippen molar-refractivity contribution in [3.63, 3.8) is 0 Å². The number of benzene rings is 1. The van der Waals surface area contributed by atoms with Gasteiger partial charge in [0.15, 0.2) is 0 Å². The molecule has 5 N–H and O–H groups in total. The molecule has 0 unspecified atom stereocenters. The van der Waals surface area contributed by atoms with E-state index >= 15 is 0 Å². The van der Waals surface area contributed by atoms with E-state index in [1.165, 1.54) is 0 Å². The van der Waals surface area contributed by atoms with Gasteiger partial charge in [0.1, 0.15) is 11.6 Å². The SMILES string of the molecule is Cc1c(N)cccc1-c1cc2cc(NC(=O)[C@H]3[C@H](C)[C@@H]3c3cnn(C)c3)ncc2c(N)n1. The van der Waals surface area contributed by atoms with Crippen molar-refractivity contribution in [1.82, 2.24) is 19.7 Å². The summed E-state index contributed by atoms with van der Waals surface area (Å²) >= 11 is 0. The van der Waals surface area contributed by atoms with E-state index in [1.807, 2.05) is 56.7 Å². The standard InChI is InChI=1S/C24H25N7O/c1-12-16(5-4-6-18(12)25)19-7-14-8-20(27-10-17(14)23(26)29-19)30-24(32)22-13(2)21(22)15-9-28-31(3)11-15/h4-11,13,21-22H,25H2,1-3H3,(H2,26,29)(H,27,30,32)/t13-,21-,22+/m1/s1. The first-order valence-electron chi connectivity index (χ1n) is 10.5. The lowest BCUT2D eigenvalue weighted by molar-refractivity contribution is -0.117. The van der Waals surface area contributed by atoms with Gasteiger partial charge in [0.05, 0.1) is 11.9 Å². The highest BCUT2D eigenvalue weighted by Crippen LogP contribution is 2.54. The van der Waals surface area contributed by atoms with Crippen LogP contribution >= 0.6 is 0 Å². The lowest BCUT2D eigenvalue weighted by atomic mass is 10.0. The van der Waals surface area contributed by atoms with Crippen LogP contribution < -0.4 is 16.8 Å². The maximum absolute atomic E-state index is 12.9. The third-order valence-corrected chi connectivity index (χ3v) is 6.44. The number of rotatable bonds is 4. The Morgan fingerprint density at radius 3 is 2.75 bits per heavy atom. The number of hydrogen-bond acceptors (Lipinski definition) is 6. The summed E-state index contributed by atoms with van der Waals surface area (Å²) in [5.74, 6) is 1.20. The fourth-order valence-corrected chi connectivity index (χ4v) is 4.51. The Morgan fingerprint density at radius 1 is 1.19 bits per heavy atom. The Hall–Kier alpha value is -3.94. The molecule has 0 spiro atoms. The second-order valence-electron chi connectivity index (χ2n) is 8.55. The van der Waals surface area contributed by atoms with Gasteiger partial charge in [0.25, 0.3) is 0 Å². The number of nitrogens with zero attached hydrogens (tertiary/aromatic N) is 4. The van der Waals surface area contributed by atoms with Gasteiger partial charge >= 0.3 is 0 Å². The summed E-state index contributed by atoms with van der Waals surface area (Å²) in [5, 5.41) is 8.79. The number of aromatic nitrogens is 4. The van der Waals surface area contributed by atoms with Gasteiger partial charge in [0, 0.05) is 47.9 Å². The van der Waals surface area contributed by atoms with E-state index in [-0.39, 0.29) is 23.7 Å². The van der Waals surface area contributed by atoms with Gasteiger partial charge in [-0.1, -0.05) is 19.1 Å². The lowest BCUT2D eigenvalue weighted by Gasteiger charge is -2.11. The third-order valence-electron chi connectivity index (χ3n) is 6.44. The van der Waals surface area contributed by atoms with E-state index < -0.39 is 0 Å². The van der Waals surface area contributed by atoms with E-state index in [1.54, 1.807) is 10.9 Å². The van der Waals surface area contributed by atoms with Crippen LogP contribution in [0.25, 0.3) is 22.0 Å². The summed E-state index contributed by atoms with van der Waals surface area (Å²) in [6, 6.07) is 9.51. The molecule has 1 aliphatic carbocycles. The van der Waals surface area contributed by atoms with Gasteiger partial charge < -0.3 is 16.8 Å². The Balaban J connectivity index is 1.43. The zero-order valence-corrected chi connectivity index (χ0v) is 18.2. The number of anilines is 3.